The molecule has 12 heteroatoms. The Hall–Kier alpha value is -7.77. The lowest BCUT2D eigenvalue weighted by atomic mass is 10.0. The summed E-state index contributed by atoms with van der Waals surface area (Å²) in [5.74, 6) is -0.207. The third kappa shape index (κ3) is 7.47. The van der Waals surface area contributed by atoms with Gasteiger partial charge in [-0.15, -0.1) is 34.0 Å². The molecule has 70 heavy (non-hydrogen) atoms. The molecule has 3 unspecified atom stereocenters. The standard InChI is InChI=1S/C58H46N6O3S3/c1-4-41-26-29-48(68-41)53-60-46-32-36(24-27-43(46)57(66)62(53)38-16-8-5-9-17-38)49-30-35(3)52(69-49)55-61-47-33-37(25-28-44(47)58(67)64(55)40-20-12-7-13-21-40)51-34(2)31-50(70-51)54-59-45-23-15-14-22-42(45)56(65)63(54)39-18-10-6-11-19-39/h5-33,53-55,59-61H,4H2,1-3H3. The lowest BCUT2D eigenvalue weighted by molar-refractivity contribution is 0.0967. The summed E-state index contributed by atoms with van der Waals surface area (Å²) in [6.07, 6.45) is -0.382. The molecular weight excluding hydrogens is 925 g/mol. The molecule has 12 rings (SSSR count). The Morgan fingerprint density at radius 2 is 0.943 bits per heavy atom. The van der Waals surface area contributed by atoms with E-state index < -0.39 is 12.3 Å². The molecule has 0 spiro atoms. The predicted octanol–water partition coefficient (Wildman–Crippen LogP) is 14.7. The zero-order valence-corrected chi connectivity index (χ0v) is 40.9. The van der Waals surface area contributed by atoms with Gasteiger partial charge in [0.05, 0.1) is 21.6 Å². The average molecular weight is 971 g/mol. The quantitative estimate of drug-likeness (QED) is 0.133. The van der Waals surface area contributed by atoms with Gasteiger partial charge in [-0.05, 0) is 140 Å². The van der Waals surface area contributed by atoms with Crippen LogP contribution in [0, 0.1) is 13.8 Å². The van der Waals surface area contributed by atoms with Gasteiger partial charge < -0.3 is 16.0 Å². The van der Waals surface area contributed by atoms with Crippen LogP contribution in [0.25, 0.3) is 20.9 Å². The minimum Gasteiger partial charge on any atom is -0.360 e. The molecule has 6 heterocycles. The fourth-order valence-electron chi connectivity index (χ4n) is 9.88. The van der Waals surface area contributed by atoms with Crippen molar-refractivity contribution in [3.05, 3.63) is 223 Å². The molecule has 0 bridgehead atoms. The summed E-state index contributed by atoms with van der Waals surface area (Å²) in [6, 6.07) is 57.9. The maximum Gasteiger partial charge on any atom is 0.262 e. The van der Waals surface area contributed by atoms with Crippen LogP contribution in [0.2, 0.25) is 0 Å². The van der Waals surface area contributed by atoms with Crippen molar-refractivity contribution >= 4 is 85.9 Å². The molecule has 3 amide bonds. The Labute approximate surface area is 418 Å². The molecule has 0 aliphatic carbocycles. The average Bonchev–Trinajstić information content (AvgIpc) is 4.15. The van der Waals surface area contributed by atoms with Gasteiger partial charge >= 0.3 is 0 Å². The van der Waals surface area contributed by atoms with Crippen molar-refractivity contribution in [1.29, 1.82) is 0 Å². The third-order valence-electron chi connectivity index (χ3n) is 13.3. The van der Waals surface area contributed by atoms with E-state index in [0.717, 1.165) is 87.2 Å². The normalized spacial score (nSPS) is 17.3. The first-order valence-electron chi connectivity index (χ1n) is 23.3. The van der Waals surface area contributed by atoms with Crippen LogP contribution in [0.5, 0.6) is 0 Å². The van der Waals surface area contributed by atoms with E-state index >= 15 is 0 Å². The number of carbonyl (C=O) groups is 3. The summed E-state index contributed by atoms with van der Waals surface area (Å²) in [6.45, 7) is 6.35. The Balaban J connectivity index is 0.891. The van der Waals surface area contributed by atoms with E-state index in [0.29, 0.717) is 16.7 Å². The van der Waals surface area contributed by atoms with Gasteiger partial charge in [-0.3, -0.25) is 29.1 Å². The second-order valence-corrected chi connectivity index (χ2v) is 21.1. The number of para-hydroxylation sites is 4. The highest BCUT2D eigenvalue weighted by Gasteiger charge is 2.39. The minimum absolute atomic E-state index is 0.0536. The lowest BCUT2D eigenvalue weighted by Crippen LogP contribution is -2.43. The number of aryl methyl sites for hydroxylation is 3. The number of nitrogens with one attached hydrogen (secondary N) is 3. The molecule has 3 aliphatic rings. The number of nitrogens with zero attached hydrogens (tertiary/aromatic N) is 3. The maximum atomic E-state index is 14.9. The van der Waals surface area contributed by atoms with Crippen molar-refractivity contribution in [2.24, 2.45) is 0 Å². The van der Waals surface area contributed by atoms with Crippen LogP contribution in [-0.4, -0.2) is 17.7 Å². The highest BCUT2D eigenvalue weighted by Crippen LogP contribution is 2.48. The first-order chi connectivity index (χ1) is 34.2. The monoisotopic (exact) mass is 970 g/mol. The van der Waals surface area contributed by atoms with E-state index in [1.54, 1.807) is 34.0 Å². The Morgan fingerprint density at radius 3 is 1.54 bits per heavy atom. The van der Waals surface area contributed by atoms with Crippen molar-refractivity contribution in [3.8, 4) is 20.9 Å². The van der Waals surface area contributed by atoms with E-state index in [4.69, 9.17) is 0 Å². The second kappa shape index (κ2) is 17.6. The number of thiophene rings is 3. The summed E-state index contributed by atoms with van der Waals surface area (Å²) in [4.78, 5) is 55.5. The Kier molecular flexibility index (Phi) is 11.0. The summed E-state index contributed by atoms with van der Waals surface area (Å²) in [5.41, 5.74) is 10.7. The van der Waals surface area contributed by atoms with Crippen LogP contribution in [0.3, 0.4) is 0 Å². The van der Waals surface area contributed by atoms with Crippen molar-refractivity contribution in [2.45, 2.75) is 45.7 Å². The molecule has 9 aromatic rings. The number of carbonyl (C=O) groups excluding carboxylic acids is 3. The molecule has 9 nitrogen and oxygen atoms in total. The molecule has 3 N–H and O–H groups in total. The van der Waals surface area contributed by atoms with Gasteiger partial charge in [0, 0.05) is 58.5 Å². The van der Waals surface area contributed by atoms with E-state index in [-0.39, 0.29) is 23.9 Å². The van der Waals surface area contributed by atoms with E-state index in [1.165, 1.54) is 4.88 Å². The zero-order valence-electron chi connectivity index (χ0n) is 38.5. The highest BCUT2D eigenvalue weighted by molar-refractivity contribution is 7.16. The van der Waals surface area contributed by atoms with Crippen molar-refractivity contribution in [2.75, 3.05) is 30.7 Å². The number of rotatable bonds is 9. The smallest absolute Gasteiger partial charge is 0.262 e. The maximum absolute atomic E-state index is 14.9. The van der Waals surface area contributed by atoms with E-state index in [2.05, 4.69) is 73.1 Å². The molecule has 3 aliphatic heterocycles. The molecule has 0 radical (unpaired) electrons. The second-order valence-electron chi connectivity index (χ2n) is 17.7. The van der Waals surface area contributed by atoms with Crippen molar-refractivity contribution in [3.63, 3.8) is 0 Å². The van der Waals surface area contributed by atoms with Gasteiger partial charge in [0.25, 0.3) is 17.7 Å². The highest BCUT2D eigenvalue weighted by atomic mass is 32.1. The van der Waals surface area contributed by atoms with Gasteiger partial charge in [0.2, 0.25) is 0 Å². The van der Waals surface area contributed by atoms with Gasteiger partial charge in [-0.2, -0.15) is 0 Å². The molecule has 0 fully saturated rings. The molecule has 3 atom stereocenters. The Morgan fingerprint density at radius 1 is 0.443 bits per heavy atom. The molecule has 3 aromatic heterocycles. The number of hydrogen-bond acceptors (Lipinski definition) is 9. The van der Waals surface area contributed by atoms with E-state index in [1.807, 2.05) is 154 Å². The zero-order chi connectivity index (χ0) is 47.6. The topological polar surface area (TPSA) is 97.0 Å². The van der Waals surface area contributed by atoms with Crippen LogP contribution < -0.4 is 30.7 Å². The van der Waals surface area contributed by atoms with Gasteiger partial charge in [-0.1, -0.05) is 85.8 Å². The first-order valence-corrected chi connectivity index (χ1v) is 25.8. The van der Waals surface area contributed by atoms with Crippen LogP contribution in [0.15, 0.2) is 176 Å². The van der Waals surface area contributed by atoms with Crippen LogP contribution in [-0.2, 0) is 6.42 Å². The lowest BCUT2D eigenvalue weighted by Gasteiger charge is -2.38. The number of anilines is 6. The van der Waals surface area contributed by atoms with Gasteiger partial charge in [-0.25, -0.2) is 0 Å². The van der Waals surface area contributed by atoms with E-state index in [9.17, 15) is 14.4 Å². The molecule has 6 aromatic carbocycles. The first kappa shape index (κ1) is 43.5. The fraction of sp³-hybridized carbons (Fsp3) is 0.121. The molecule has 0 saturated carbocycles. The third-order valence-corrected chi connectivity index (χ3v) is 17.3. The number of hydrogen-bond donors (Lipinski definition) is 3. The van der Waals surface area contributed by atoms with Crippen molar-refractivity contribution < 1.29 is 14.4 Å². The summed E-state index contributed by atoms with van der Waals surface area (Å²) >= 11 is 5.02. The van der Waals surface area contributed by atoms with Crippen molar-refractivity contribution in [1.82, 2.24) is 0 Å². The van der Waals surface area contributed by atoms with Gasteiger partial charge in [0.1, 0.15) is 18.5 Å². The van der Waals surface area contributed by atoms with Gasteiger partial charge in [0.15, 0.2) is 0 Å². The Bertz CT molecular complexity index is 3490. The molecule has 344 valence electrons. The minimum atomic E-state index is -0.513. The summed E-state index contributed by atoms with van der Waals surface area (Å²) in [5, 5.41) is 11.3. The van der Waals surface area contributed by atoms with Crippen LogP contribution >= 0.6 is 34.0 Å². The van der Waals surface area contributed by atoms with Crippen LogP contribution in [0.4, 0.5) is 34.1 Å². The summed E-state index contributed by atoms with van der Waals surface area (Å²) in [7, 11) is 0. The van der Waals surface area contributed by atoms with Crippen LogP contribution in [0.1, 0.15) is 87.1 Å². The SMILES string of the molecule is CCc1ccc(C2Nc3cc(-c4cc(C)c(C5Nc6cc(-c7sc(C8Nc9ccccc9C(=O)N8c8ccccc8)cc7C)ccc6C(=O)N5c5ccccc5)s4)ccc3C(=O)N2c2ccccc2)s1. The number of fused-ring (bicyclic) bond motifs is 3. The predicted molar refractivity (Wildman–Crippen MR) is 288 cm³/mol. The molecular formula is C58H46N6O3S3. The number of benzene rings is 6. The molecule has 0 saturated heterocycles. The number of amides is 3. The largest absolute Gasteiger partial charge is 0.360 e. The fourth-order valence-corrected chi connectivity index (χ4v) is 13.3. The summed E-state index contributed by atoms with van der Waals surface area (Å²) < 4.78 is 0.